The van der Waals surface area contributed by atoms with Crippen molar-refractivity contribution in [1.82, 2.24) is 0 Å². The third kappa shape index (κ3) is 5.27. The number of nitrogens with zero attached hydrogens (tertiary/aromatic N) is 1. The predicted octanol–water partition coefficient (Wildman–Crippen LogP) is 3.57. The van der Waals surface area contributed by atoms with Crippen LogP contribution in [0.2, 0.25) is 0 Å². The fourth-order valence-corrected chi connectivity index (χ4v) is 3.93. The Morgan fingerprint density at radius 3 is 2.21 bits per heavy atom. The van der Waals surface area contributed by atoms with Crippen molar-refractivity contribution >= 4 is 33.0 Å². The van der Waals surface area contributed by atoms with E-state index in [1.54, 1.807) is 0 Å². The quantitative estimate of drug-likeness (QED) is 0.138. The zero-order valence-electron chi connectivity index (χ0n) is 17.8. The van der Waals surface area contributed by atoms with Gasteiger partial charge in [-0.2, -0.15) is 0 Å². The number of nitrogens with two attached hydrogens (primary N) is 2. The van der Waals surface area contributed by atoms with Crippen LogP contribution >= 0.6 is 0 Å². The number of hydrogen-bond acceptors (Lipinski definition) is 5. The Balaban J connectivity index is 1.85. The topological polar surface area (TPSA) is 148 Å². The number of halogens is 2. The van der Waals surface area contributed by atoms with Crippen LogP contribution < -0.4 is 16.2 Å². The Hall–Kier alpha value is -4.09. The second-order valence-electron chi connectivity index (χ2n) is 7.19. The molecular weight excluding hydrogens is 466 g/mol. The number of amidine groups is 1. The van der Waals surface area contributed by atoms with Crippen molar-refractivity contribution in [2.75, 3.05) is 5.32 Å². The highest BCUT2D eigenvalue weighted by Crippen LogP contribution is 2.30. The molecule has 0 heterocycles. The number of carbonyl (C=O) groups is 1. The number of sulfonamides is 1. The van der Waals surface area contributed by atoms with Gasteiger partial charge in [0.25, 0.3) is 5.91 Å². The summed E-state index contributed by atoms with van der Waals surface area (Å²) >= 11 is 0. The van der Waals surface area contributed by atoms with Crippen LogP contribution in [-0.4, -0.2) is 25.4 Å². The van der Waals surface area contributed by atoms with E-state index in [4.69, 9.17) is 16.1 Å². The van der Waals surface area contributed by atoms with Crippen LogP contribution in [0.25, 0.3) is 16.7 Å². The van der Waals surface area contributed by atoms with Crippen molar-refractivity contribution in [2.45, 2.75) is 11.8 Å². The lowest BCUT2D eigenvalue weighted by atomic mass is 10.0. The summed E-state index contributed by atoms with van der Waals surface area (Å²) in [6.45, 7) is 1.39. The highest BCUT2D eigenvalue weighted by molar-refractivity contribution is 7.89. The zero-order valence-corrected chi connectivity index (χ0v) is 18.6. The molecule has 34 heavy (non-hydrogen) atoms. The number of primary sulfonamides is 1. The molecule has 176 valence electrons. The molecule has 3 rings (SSSR count). The van der Waals surface area contributed by atoms with Crippen molar-refractivity contribution in [2.24, 2.45) is 16.0 Å². The minimum Gasteiger partial charge on any atom is -0.409 e. The van der Waals surface area contributed by atoms with Gasteiger partial charge >= 0.3 is 0 Å². The van der Waals surface area contributed by atoms with E-state index in [-0.39, 0.29) is 33.1 Å². The summed E-state index contributed by atoms with van der Waals surface area (Å²) in [5, 5.41) is 19.0. The smallest absolute Gasteiger partial charge is 0.284 e. The minimum absolute atomic E-state index is 0.0164. The molecule has 8 nitrogen and oxygen atoms in total. The second kappa shape index (κ2) is 9.81. The van der Waals surface area contributed by atoms with Crippen LogP contribution in [-0.2, 0) is 14.8 Å². The summed E-state index contributed by atoms with van der Waals surface area (Å²) in [7, 11) is -4.10. The molecule has 0 bridgehead atoms. The molecule has 11 heteroatoms. The summed E-state index contributed by atoms with van der Waals surface area (Å²) in [4.78, 5) is 12.1. The summed E-state index contributed by atoms with van der Waals surface area (Å²) in [6, 6.07) is 15.1. The zero-order chi connectivity index (χ0) is 25.0. The summed E-state index contributed by atoms with van der Waals surface area (Å²) < 4.78 is 53.1. The van der Waals surface area contributed by atoms with Gasteiger partial charge in [0.2, 0.25) is 10.0 Å². The second-order valence-corrected chi connectivity index (χ2v) is 8.72. The van der Waals surface area contributed by atoms with Crippen LogP contribution in [0.5, 0.6) is 0 Å². The fourth-order valence-electron chi connectivity index (χ4n) is 3.18. The first-order chi connectivity index (χ1) is 16.0. The standard InChI is InChI=1S/C23H20F2N4O4S/c1-13(14-6-8-15(9-7-14)22(26)29-31)21(25)23(30)28-16-10-11-17(19(24)12-16)18-4-2-3-5-20(18)34(27,32)33/h2-12,31H,1H3,(H2,26,29)(H,28,30)(H2,27,32,33)/b21-13+. The van der Waals surface area contributed by atoms with Gasteiger partial charge in [0, 0.05) is 22.4 Å². The molecule has 3 aromatic rings. The van der Waals surface area contributed by atoms with Crippen LogP contribution in [0.3, 0.4) is 0 Å². The van der Waals surface area contributed by atoms with Gasteiger partial charge in [0.05, 0.1) is 4.90 Å². The van der Waals surface area contributed by atoms with Crippen molar-refractivity contribution in [1.29, 1.82) is 0 Å². The van der Waals surface area contributed by atoms with E-state index in [2.05, 4.69) is 10.5 Å². The molecule has 6 N–H and O–H groups in total. The Morgan fingerprint density at radius 2 is 1.62 bits per heavy atom. The number of amides is 1. The largest absolute Gasteiger partial charge is 0.409 e. The lowest BCUT2D eigenvalue weighted by Crippen LogP contribution is -2.14. The van der Waals surface area contributed by atoms with E-state index in [9.17, 15) is 22.0 Å². The summed E-state index contributed by atoms with van der Waals surface area (Å²) in [5.74, 6) is -3.16. The maximum absolute atomic E-state index is 14.8. The molecule has 0 aliphatic heterocycles. The van der Waals surface area contributed by atoms with Gasteiger partial charge in [-0.15, -0.1) is 0 Å². The van der Waals surface area contributed by atoms with Gasteiger partial charge < -0.3 is 16.3 Å². The number of carbonyl (C=O) groups excluding carboxylic acids is 1. The van der Waals surface area contributed by atoms with E-state index < -0.39 is 27.6 Å². The summed E-state index contributed by atoms with van der Waals surface area (Å²) in [6.07, 6.45) is 0. The molecule has 0 aromatic heterocycles. The molecule has 0 fully saturated rings. The van der Waals surface area contributed by atoms with Crippen LogP contribution in [0.4, 0.5) is 14.5 Å². The first kappa shape index (κ1) is 24.6. The maximum atomic E-state index is 14.8. The average Bonchev–Trinajstić information content (AvgIpc) is 2.82. The fraction of sp³-hybridized carbons (Fsp3) is 0.0435. The molecule has 0 atom stereocenters. The Morgan fingerprint density at radius 1 is 1.00 bits per heavy atom. The van der Waals surface area contributed by atoms with Gasteiger partial charge in [0.1, 0.15) is 5.82 Å². The number of hydrogen-bond donors (Lipinski definition) is 4. The Bertz CT molecular complexity index is 1420. The molecule has 3 aromatic carbocycles. The first-order valence-electron chi connectivity index (χ1n) is 9.70. The average molecular weight is 487 g/mol. The Labute approximate surface area is 194 Å². The maximum Gasteiger partial charge on any atom is 0.284 e. The van der Waals surface area contributed by atoms with Gasteiger partial charge in [-0.3, -0.25) is 4.79 Å². The molecule has 0 unspecified atom stereocenters. The number of oxime groups is 1. The SMILES string of the molecule is C/C(=C(\F)C(=O)Nc1ccc(-c2ccccc2S(N)(=O)=O)c(F)c1)c1ccc(/C(N)=N/O)cc1. The molecule has 0 aliphatic carbocycles. The van der Waals surface area contributed by atoms with Crippen molar-refractivity contribution < 1.29 is 27.2 Å². The number of allylic oxidation sites excluding steroid dienone is 1. The van der Waals surface area contributed by atoms with E-state index in [1.807, 2.05) is 0 Å². The van der Waals surface area contributed by atoms with E-state index in [0.717, 1.165) is 6.07 Å². The van der Waals surface area contributed by atoms with E-state index in [0.29, 0.717) is 11.1 Å². The molecule has 0 saturated carbocycles. The molecule has 0 saturated heterocycles. The third-order valence-electron chi connectivity index (χ3n) is 4.96. The molecule has 0 aliphatic rings. The van der Waals surface area contributed by atoms with Crippen LogP contribution in [0, 0.1) is 5.82 Å². The highest BCUT2D eigenvalue weighted by atomic mass is 32.2. The molecular formula is C23H20F2N4O4S. The Kier molecular flexibility index (Phi) is 7.08. The van der Waals surface area contributed by atoms with Crippen molar-refractivity contribution in [3.8, 4) is 11.1 Å². The number of benzene rings is 3. The first-order valence-corrected chi connectivity index (χ1v) is 11.3. The lowest BCUT2D eigenvalue weighted by molar-refractivity contribution is -0.114. The highest BCUT2D eigenvalue weighted by Gasteiger charge is 2.19. The van der Waals surface area contributed by atoms with Crippen LogP contribution in [0.15, 0.2) is 82.6 Å². The summed E-state index contributed by atoms with van der Waals surface area (Å²) in [5.41, 5.74) is 6.25. The number of anilines is 1. The predicted molar refractivity (Wildman–Crippen MR) is 124 cm³/mol. The van der Waals surface area contributed by atoms with E-state index in [1.165, 1.54) is 67.6 Å². The monoisotopic (exact) mass is 486 g/mol. The lowest BCUT2D eigenvalue weighted by Gasteiger charge is -2.11. The van der Waals surface area contributed by atoms with Gasteiger partial charge in [0.15, 0.2) is 11.7 Å². The van der Waals surface area contributed by atoms with E-state index >= 15 is 0 Å². The molecule has 0 spiro atoms. The number of rotatable bonds is 6. The van der Waals surface area contributed by atoms with Gasteiger partial charge in [-0.1, -0.05) is 47.6 Å². The minimum atomic E-state index is -4.10. The number of nitrogens with one attached hydrogen (secondary N) is 1. The van der Waals surface area contributed by atoms with Crippen molar-refractivity contribution in [3.63, 3.8) is 0 Å². The normalized spacial score (nSPS) is 12.8. The molecule has 0 radical (unpaired) electrons. The molecule has 1 amide bonds. The van der Waals surface area contributed by atoms with Gasteiger partial charge in [-0.25, -0.2) is 22.3 Å². The van der Waals surface area contributed by atoms with Gasteiger partial charge in [-0.05, 0) is 42.3 Å². The third-order valence-corrected chi connectivity index (χ3v) is 5.93. The van der Waals surface area contributed by atoms with Crippen molar-refractivity contribution in [3.05, 3.63) is 89.5 Å². The van der Waals surface area contributed by atoms with Crippen LogP contribution in [0.1, 0.15) is 18.1 Å².